The van der Waals surface area contributed by atoms with Crippen molar-refractivity contribution in [3.05, 3.63) is 0 Å². The van der Waals surface area contributed by atoms with Crippen molar-refractivity contribution in [2.45, 2.75) is 63.6 Å². The van der Waals surface area contributed by atoms with Gasteiger partial charge in [-0.15, -0.1) is 0 Å². The Morgan fingerprint density at radius 3 is 1.79 bits per heavy atom. The van der Waals surface area contributed by atoms with Gasteiger partial charge in [-0.25, -0.2) is 0 Å². The monoisotopic (exact) mass is 810 g/mol. The van der Waals surface area contributed by atoms with E-state index < -0.39 is 37.7 Å². The van der Waals surface area contributed by atoms with E-state index in [1.807, 2.05) is 20.8 Å². The van der Waals surface area contributed by atoms with Gasteiger partial charge >= 0.3 is 8.80 Å². The summed E-state index contributed by atoms with van der Waals surface area (Å²) in [5, 5.41) is 38.5. The van der Waals surface area contributed by atoms with E-state index in [1.54, 1.807) is 42.7 Å². The van der Waals surface area contributed by atoms with Crippen LogP contribution in [0, 0.1) is 0 Å². The lowest BCUT2D eigenvalue weighted by atomic mass is 10.2. The number of nitrogens with two attached hydrogens (primary N) is 1. The number of aliphatic hydroxyl groups is 3. The Hall–Kier alpha value is -0.113. The zero-order valence-electron chi connectivity index (χ0n) is 34.5. The first kappa shape index (κ1) is 52.9. The predicted octanol–water partition coefficient (Wildman–Crippen LogP) is -0.151. The molecule has 0 amide bonds. The van der Waals surface area contributed by atoms with Gasteiger partial charge < -0.3 is 63.9 Å². The Morgan fingerprint density at radius 1 is 0.698 bits per heavy atom. The average molecular weight is 810 g/mol. The molecular weight excluding hydrogens is 731 g/mol. The maximum absolute atomic E-state index is 10.9. The van der Waals surface area contributed by atoms with Gasteiger partial charge in [-0.05, 0) is 33.6 Å². The molecule has 0 aliphatic heterocycles. The molecule has 0 fully saturated rings. The zero-order valence-corrected chi connectivity index (χ0v) is 36.3. The molecule has 53 heavy (non-hydrogen) atoms. The van der Waals surface area contributed by atoms with Crippen LogP contribution in [0.1, 0.15) is 33.6 Å². The summed E-state index contributed by atoms with van der Waals surface area (Å²) >= 11 is 0. The summed E-state index contributed by atoms with van der Waals surface area (Å²) in [5.41, 5.74) is 5.57. The minimum absolute atomic E-state index is 0.201. The van der Waals surface area contributed by atoms with Crippen molar-refractivity contribution in [3.63, 3.8) is 0 Å². The third kappa shape index (κ3) is 27.2. The number of methoxy groups -OCH3 is 1. The summed E-state index contributed by atoms with van der Waals surface area (Å²) < 4.78 is 49.9. The molecule has 0 radical (unpaired) electrons. The lowest BCUT2D eigenvalue weighted by Gasteiger charge is -2.39. The second-order valence-corrected chi connectivity index (χ2v) is 19.7. The van der Waals surface area contributed by atoms with Crippen LogP contribution >= 0.6 is 10.6 Å². The average Bonchev–Trinajstić information content (AvgIpc) is 3.13. The Bertz CT molecular complexity index is 829. The maximum atomic E-state index is 10.9. The summed E-state index contributed by atoms with van der Waals surface area (Å²) in [5.74, 6) is 1.10. The van der Waals surface area contributed by atoms with E-state index in [9.17, 15) is 15.3 Å². The van der Waals surface area contributed by atoms with Gasteiger partial charge in [0.05, 0.1) is 58.0 Å². The van der Waals surface area contributed by atoms with Crippen molar-refractivity contribution in [2.24, 2.45) is 5.73 Å². The first-order valence-corrected chi connectivity index (χ1v) is 22.5. The summed E-state index contributed by atoms with van der Waals surface area (Å²) in [6, 6.07) is 0.622. The van der Waals surface area contributed by atoms with Gasteiger partial charge in [0.2, 0.25) is 0 Å². The highest BCUT2D eigenvalue weighted by Crippen LogP contribution is 2.49. The molecule has 0 aliphatic rings. The highest BCUT2D eigenvalue weighted by atomic mass is 32.3. The van der Waals surface area contributed by atoms with Crippen LogP contribution in [0.5, 0.6) is 0 Å². The quantitative estimate of drug-likeness (QED) is 0.0355. The van der Waals surface area contributed by atoms with Crippen molar-refractivity contribution < 1.29 is 55.9 Å². The van der Waals surface area contributed by atoms with Crippen LogP contribution in [0.3, 0.4) is 0 Å². The van der Waals surface area contributed by atoms with Crippen LogP contribution in [0.25, 0.3) is 0 Å². The van der Waals surface area contributed by atoms with Crippen LogP contribution in [0.2, 0.25) is 6.04 Å². The number of rotatable bonds is 38. The molecule has 19 heteroatoms. The summed E-state index contributed by atoms with van der Waals surface area (Å²) in [6.07, 6.45) is -0.503. The first-order valence-electron chi connectivity index (χ1n) is 18.7. The van der Waals surface area contributed by atoms with Crippen molar-refractivity contribution in [1.82, 2.24) is 20.4 Å². The minimum Gasteiger partial charge on any atom is -0.389 e. The molecule has 322 valence electrons. The van der Waals surface area contributed by atoms with Gasteiger partial charge in [0.15, 0.2) is 0 Å². The van der Waals surface area contributed by atoms with Gasteiger partial charge in [0.25, 0.3) is 0 Å². The largest absolute Gasteiger partial charge is 0.500 e. The molecule has 0 saturated carbocycles. The highest BCUT2D eigenvalue weighted by Gasteiger charge is 2.36. The van der Waals surface area contributed by atoms with E-state index in [0.29, 0.717) is 109 Å². The van der Waals surface area contributed by atoms with E-state index in [0.717, 1.165) is 6.42 Å². The molecular formula is C34H79N5O12SSi. The lowest BCUT2D eigenvalue weighted by molar-refractivity contribution is -0.0564. The Labute approximate surface area is 323 Å². The normalized spacial score (nSPS) is 15.1. The van der Waals surface area contributed by atoms with Crippen LogP contribution in [-0.2, 0) is 40.6 Å². The molecule has 0 spiro atoms. The van der Waals surface area contributed by atoms with E-state index in [2.05, 4.69) is 20.4 Å². The van der Waals surface area contributed by atoms with Crippen LogP contribution in [0.4, 0.5) is 0 Å². The molecule has 0 saturated heterocycles. The molecule has 3 atom stereocenters. The van der Waals surface area contributed by atoms with E-state index in [1.165, 1.54) is 0 Å². The van der Waals surface area contributed by atoms with Crippen molar-refractivity contribution in [1.29, 1.82) is 0 Å². The topological polar surface area (TPSA) is 200 Å². The predicted molar refractivity (Wildman–Crippen MR) is 212 cm³/mol. The fraction of sp³-hybridized carbons (Fsp3) is 1.00. The smallest absolute Gasteiger partial charge is 0.389 e. The Balaban J connectivity index is 4.76. The zero-order chi connectivity index (χ0) is 40.0. The van der Waals surface area contributed by atoms with Crippen LogP contribution in [-0.4, -0.2) is 217 Å². The van der Waals surface area contributed by atoms with Gasteiger partial charge in [0.1, 0.15) is 5.94 Å². The summed E-state index contributed by atoms with van der Waals surface area (Å²) in [7, 11) is 5.26. The summed E-state index contributed by atoms with van der Waals surface area (Å²) in [6.45, 7) is 14.1. The van der Waals surface area contributed by atoms with Gasteiger partial charge in [-0.3, -0.25) is 18.2 Å². The first-order chi connectivity index (χ1) is 25.3. The van der Waals surface area contributed by atoms with Gasteiger partial charge in [-0.1, -0.05) is 0 Å². The molecule has 17 nitrogen and oxygen atoms in total. The van der Waals surface area contributed by atoms with E-state index in [4.69, 9.17) is 46.3 Å². The molecule has 7 N–H and O–H groups in total. The van der Waals surface area contributed by atoms with Gasteiger partial charge in [-0.2, -0.15) is 10.6 Å². The number of hydrogen-bond donors (Lipinski definition) is 6. The Kier molecular flexibility index (Phi) is 31.8. The number of hydrogen-bond acceptors (Lipinski definition) is 17. The molecule has 0 rings (SSSR count). The SMILES string of the molecule is COCS(CCCOCC(O)CNCCNCCN(CCN(CCN)CC(O)COC(C)(C)C)CC(O)COCCC[Si](OC)(OC)OC)(OC)OC. The van der Waals surface area contributed by atoms with Crippen molar-refractivity contribution >= 4 is 19.4 Å². The standard InChI is InChI=1S/C34H79N5O12SSi/c1-34(2,3)51-29-33(42)26-38(16-12-35)18-19-39(25-32(41)28-50-21-11-23-53(46-7,47-8)48-9)17-15-36-13-14-37-24-31(40)27-49-20-10-22-52(44-5,45-6)30-43-4/h31-33,36-37,40-42H,10-30,35H2,1-9H3. The second-order valence-electron chi connectivity index (χ2n) is 13.8. The maximum Gasteiger partial charge on any atom is 0.500 e. The van der Waals surface area contributed by atoms with Crippen molar-refractivity contribution in [3.8, 4) is 0 Å². The lowest BCUT2D eigenvalue weighted by Crippen LogP contribution is -2.46. The fourth-order valence-electron chi connectivity index (χ4n) is 5.30. The summed E-state index contributed by atoms with van der Waals surface area (Å²) in [4.78, 5) is 4.32. The number of nitrogens with zero attached hydrogens (tertiary/aromatic N) is 2. The van der Waals surface area contributed by atoms with Crippen LogP contribution < -0.4 is 16.4 Å². The van der Waals surface area contributed by atoms with Crippen LogP contribution in [0.15, 0.2) is 0 Å². The van der Waals surface area contributed by atoms with Crippen molar-refractivity contribution in [2.75, 3.05) is 159 Å². The molecule has 3 unspecified atom stereocenters. The fourth-order valence-corrected chi connectivity index (χ4v) is 8.69. The van der Waals surface area contributed by atoms with E-state index in [-0.39, 0.29) is 25.4 Å². The third-order valence-electron chi connectivity index (χ3n) is 8.26. The molecule has 0 aromatic carbocycles. The number of nitrogens with one attached hydrogen (secondary N) is 2. The molecule has 0 aromatic rings. The van der Waals surface area contributed by atoms with Gasteiger partial charge in [0, 0.05) is 125 Å². The molecule has 0 aliphatic carbocycles. The van der Waals surface area contributed by atoms with E-state index >= 15 is 0 Å². The second kappa shape index (κ2) is 31.9. The Morgan fingerprint density at radius 2 is 1.25 bits per heavy atom. The third-order valence-corrected chi connectivity index (χ3v) is 13.8. The molecule has 0 heterocycles. The molecule has 0 aromatic heterocycles. The number of ether oxygens (including phenoxy) is 4. The number of aliphatic hydroxyl groups excluding tert-OH is 3. The minimum atomic E-state index is -2.66. The highest BCUT2D eigenvalue weighted by molar-refractivity contribution is 8.25. The molecule has 0 bridgehead atoms.